The SMILES string of the molecule is Cc1sc2ncn(CC(=O)NCc3cccs3)c(=O)c2c1C. The third-order valence-corrected chi connectivity index (χ3v) is 5.50. The number of carbonyl (C=O) groups is 1. The lowest BCUT2D eigenvalue weighted by Gasteiger charge is -2.06. The van der Waals surface area contributed by atoms with E-state index in [2.05, 4.69) is 10.3 Å². The van der Waals surface area contributed by atoms with Crippen molar-refractivity contribution < 1.29 is 4.79 Å². The highest BCUT2D eigenvalue weighted by molar-refractivity contribution is 7.18. The Hall–Kier alpha value is -1.99. The highest BCUT2D eigenvalue weighted by Gasteiger charge is 2.13. The summed E-state index contributed by atoms with van der Waals surface area (Å²) in [6, 6.07) is 3.90. The van der Waals surface area contributed by atoms with E-state index in [9.17, 15) is 9.59 Å². The van der Waals surface area contributed by atoms with Gasteiger partial charge in [-0.15, -0.1) is 22.7 Å². The summed E-state index contributed by atoms with van der Waals surface area (Å²) in [6.45, 7) is 4.36. The zero-order valence-corrected chi connectivity index (χ0v) is 13.9. The van der Waals surface area contributed by atoms with Crippen LogP contribution in [-0.4, -0.2) is 15.5 Å². The maximum atomic E-state index is 12.5. The molecule has 3 heterocycles. The van der Waals surface area contributed by atoms with Crippen LogP contribution in [0.5, 0.6) is 0 Å². The Labute approximate surface area is 135 Å². The fourth-order valence-corrected chi connectivity index (χ4v) is 3.82. The summed E-state index contributed by atoms with van der Waals surface area (Å²) in [5.74, 6) is -0.193. The summed E-state index contributed by atoms with van der Waals surface area (Å²) < 4.78 is 1.37. The van der Waals surface area contributed by atoms with Crippen LogP contribution in [0.3, 0.4) is 0 Å². The van der Waals surface area contributed by atoms with Crippen molar-refractivity contribution in [2.75, 3.05) is 0 Å². The van der Waals surface area contributed by atoms with Gasteiger partial charge in [-0.05, 0) is 30.9 Å². The fourth-order valence-electron chi connectivity index (χ4n) is 2.19. The minimum absolute atomic E-state index is 0.0124. The van der Waals surface area contributed by atoms with Crippen LogP contribution in [0.4, 0.5) is 0 Å². The average molecular weight is 333 g/mol. The quantitative estimate of drug-likeness (QED) is 0.798. The molecule has 0 aliphatic rings. The average Bonchev–Trinajstić information content (AvgIpc) is 3.09. The second-order valence-electron chi connectivity index (χ2n) is 5.00. The van der Waals surface area contributed by atoms with E-state index in [0.29, 0.717) is 11.9 Å². The van der Waals surface area contributed by atoms with Crippen LogP contribution in [0.15, 0.2) is 28.6 Å². The molecule has 0 aromatic carbocycles. The molecule has 0 spiro atoms. The number of amides is 1. The first kappa shape index (κ1) is 14.9. The van der Waals surface area contributed by atoms with Crippen molar-refractivity contribution in [1.82, 2.24) is 14.9 Å². The van der Waals surface area contributed by atoms with Gasteiger partial charge in [0.25, 0.3) is 5.56 Å². The number of nitrogens with zero attached hydrogens (tertiary/aromatic N) is 2. The largest absolute Gasteiger partial charge is 0.350 e. The summed E-state index contributed by atoms with van der Waals surface area (Å²) in [7, 11) is 0. The first-order valence-corrected chi connectivity index (χ1v) is 8.50. The molecule has 1 N–H and O–H groups in total. The minimum Gasteiger partial charge on any atom is -0.350 e. The topological polar surface area (TPSA) is 64.0 Å². The summed E-state index contributed by atoms with van der Waals surface area (Å²) in [5, 5.41) is 5.40. The molecule has 3 aromatic rings. The number of hydrogen-bond acceptors (Lipinski definition) is 5. The van der Waals surface area contributed by atoms with Gasteiger partial charge >= 0.3 is 0 Å². The van der Waals surface area contributed by atoms with Crippen LogP contribution < -0.4 is 10.9 Å². The maximum absolute atomic E-state index is 12.5. The number of thiophene rings is 2. The van der Waals surface area contributed by atoms with Crippen molar-refractivity contribution in [2.24, 2.45) is 0 Å². The van der Waals surface area contributed by atoms with E-state index in [1.54, 1.807) is 11.3 Å². The maximum Gasteiger partial charge on any atom is 0.262 e. The van der Waals surface area contributed by atoms with Gasteiger partial charge in [0.05, 0.1) is 18.3 Å². The molecule has 0 aliphatic carbocycles. The normalized spacial score (nSPS) is 11.0. The second-order valence-corrected chi connectivity index (χ2v) is 7.23. The summed E-state index contributed by atoms with van der Waals surface area (Å²) in [5.41, 5.74) is 0.795. The van der Waals surface area contributed by atoms with Gasteiger partial charge in [0.1, 0.15) is 11.4 Å². The Morgan fingerprint density at radius 3 is 2.95 bits per heavy atom. The molecule has 114 valence electrons. The minimum atomic E-state index is -0.193. The third-order valence-electron chi connectivity index (χ3n) is 3.51. The van der Waals surface area contributed by atoms with Crippen molar-refractivity contribution in [3.05, 3.63) is 49.5 Å². The van der Waals surface area contributed by atoms with Crippen LogP contribution in [0, 0.1) is 13.8 Å². The van der Waals surface area contributed by atoms with Crippen LogP contribution in [-0.2, 0) is 17.9 Å². The zero-order chi connectivity index (χ0) is 15.7. The van der Waals surface area contributed by atoms with Gasteiger partial charge in [-0.2, -0.15) is 0 Å². The lowest BCUT2D eigenvalue weighted by Crippen LogP contribution is -2.32. The Morgan fingerprint density at radius 2 is 2.23 bits per heavy atom. The molecule has 0 radical (unpaired) electrons. The number of carbonyl (C=O) groups excluding carboxylic acids is 1. The lowest BCUT2D eigenvalue weighted by atomic mass is 10.2. The highest BCUT2D eigenvalue weighted by atomic mass is 32.1. The van der Waals surface area contributed by atoms with Crippen molar-refractivity contribution in [1.29, 1.82) is 0 Å². The van der Waals surface area contributed by atoms with E-state index >= 15 is 0 Å². The van der Waals surface area contributed by atoms with Gasteiger partial charge in [0, 0.05) is 9.75 Å². The fraction of sp³-hybridized carbons (Fsp3) is 0.267. The van der Waals surface area contributed by atoms with Gasteiger partial charge in [-0.25, -0.2) is 4.98 Å². The Morgan fingerprint density at radius 1 is 1.41 bits per heavy atom. The number of hydrogen-bond donors (Lipinski definition) is 1. The van der Waals surface area contributed by atoms with E-state index in [0.717, 1.165) is 20.1 Å². The van der Waals surface area contributed by atoms with Gasteiger partial charge in [-0.3, -0.25) is 14.2 Å². The molecular weight excluding hydrogens is 318 g/mol. The van der Waals surface area contributed by atoms with Crippen LogP contribution in [0.2, 0.25) is 0 Å². The van der Waals surface area contributed by atoms with E-state index in [-0.39, 0.29) is 18.0 Å². The van der Waals surface area contributed by atoms with Crippen LogP contribution in [0.1, 0.15) is 15.3 Å². The van der Waals surface area contributed by atoms with E-state index < -0.39 is 0 Å². The molecule has 0 fully saturated rings. The van der Waals surface area contributed by atoms with E-state index in [4.69, 9.17) is 0 Å². The molecule has 0 bridgehead atoms. The molecule has 7 heteroatoms. The number of rotatable bonds is 4. The number of fused-ring (bicyclic) bond motifs is 1. The molecule has 5 nitrogen and oxygen atoms in total. The molecule has 3 rings (SSSR count). The van der Waals surface area contributed by atoms with Crippen molar-refractivity contribution >= 4 is 38.8 Å². The molecule has 1 amide bonds. The smallest absolute Gasteiger partial charge is 0.262 e. The molecule has 0 aliphatic heterocycles. The van der Waals surface area contributed by atoms with Crippen molar-refractivity contribution in [2.45, 2.75) is 26.9 Å². The van der Waals surface area contributed by atoms with Crippen LogP contribution in [0.25, 0.3) is 10.2 Å². The Kier molecular flexibility index (Phi) is 4.08. The molecule has 0 saturated carbocycles. The molecule has 22 heavy (non-hydrogen) atoms. The molecule has 0 atom stereocenters. The van der Waals surface area contributed by atoms with Crippen LogP contribution >= 0.6 is 22.7 Å². The Balaban J connectivity index is 1.79. The first-order valence-electron chi connectivity index (χ1n) is 6.80. The van der Waals surface area contributed by atoms with Gasteiger partial charge in [0.2, 0.25) is 5.91 Å². The summed E-state index contributed by atoms with van der Waals surface area (Å²) in [4.78, 5) is 31.7. The predicted molar refractivity (Wildman–Crippen MR) is 89.5 cm³/mol. The number of nitrogens with one attached hydrogen (secondary N) is 1. The molecule has 0 unspecified atom stereocenters. The van der Waals surface area contributed by atoms with Gasteiger partial charge < -0.3 is 5.32 Å². The highest BCUT2D eigenvalue weighted by Crippen LogP contribution is 2.25. The monoisotopic (exact) mass is 333 g/mol. The van der Waals surface area contributed by atoms with Gasteiger partial charge in [0.15, 0.2) is 0 Å². The van der Waals surface area contributed by atoms with E-state index in [1.807, 2.05) is 31.4 Å². The molecule has 3 aromatic heterocycles. The summed E-state index contributed by atoms with van der Waals surface area (Å²) >= 11 is 3.09. The molecular formula is C15H15N3O2S2. The number of aryl methyl sites for hydroxylation is 2. The van der Waals surface area contributed by atoms with Crippen molar-refractivity contribution in [3.8, 4) is 0 Å². The van der Waals surface area contributed by atoms with Crippen molar-refractivity contribution in [3.63, 3.8) is 0 Å². The number of aromatic nitrogens is 2. The first-order chi connectivity index (χ1) is 10.6. The second kappa shape index (κ2) is 6.02. The third kappa shape index (κ3) is 2.82. The Bertz CT molecular complexity index is 878. The van der Waals surface area contributed by atoms with Gasteiger partial charge in [-0.1, -0.05) is 6.07 Å². The zero-order valence-electron chi connectivity index (χ0n) is 12.3. The summed E-state index contributed by atoms with van der Waals surface area (Å²) in [6.07, 6.45) is 1.45. The standard InChI is InChI=1S/C15H15N3O2S2/c1-9-10(2)22-14-13(9)15(20)18(8-17-14)7-12(19)16-6-11-4-3-5-21-11/h3-5,8H,6-7H2,1-2H3,(H,16,19). The molecule has 0 saturated heterocycles. The predicted octanol–water partition coefficient (Wildman–Crippen LogP) is 2.45. The lowest BCUT2D eigenvalue weighted by molar-refractivity contribution is -0.121. The van der Waals surface area contributed by atoms with E-state index in [1.165, 1.54) is 22.2 Å².